The van der Waals surface area contributed by atoms with Crippen LogP contribution in [0.25, 0.3) is 11.1 Å². The lowest BCUT2D eigenvalue weighted by atomic mass is 10.2. The van der Waals surface area contributed by atoms with E-state index in [1.165, 1.54) is 0 Å². The van der Waals surface area contributed by atoms with E-state index in [4.69, 9.17) is 10.2 Å². The fourth-order valence-corrected chi connectivity index (χ4v) is 2.55. The SMILES string of the molecule is Nc1cc2oc(=O)[nH]c2cc1N1CCn2cnnc2C1. The number of H-pyrrole nitrogens is 1. The van der Waals surface area contributed by atoms with Crippen molar-refractivity contribution in [1.82, 2.24) is 19.7 Å². The lowest BCUT2D eigenvalue weighted by Crippen LogP contribution is -2.34. The van der Waals surface area contributed by atoms with Gasteiger partial charge in [0.15, 0.2) is 11.4 Å². The van der Waals surface area contributed by atoms with Crippen molar-refractivity contribution in [3.8, 4) is 0 Å². The van der Waals surface area contributed by atoms with Crippen LogP contribution in [0.4, 0.5) is 11.4 Å². The molecule has 102 valence electrons. The van der Waals surface area contributed by atoms with Gasteiger partial charge in [0.05, 0.1) is 23.4 Å². The molecule has 8 nitrogen and oxygen atoms in total. The molecular formula is C12H12N6O2. The maximum absolute atomic E-state index is 11.2. The lowest BCUT2D eigenvalue weighted by Gasteiger charge is -2.29. The van der Waals surface area contributed by atoms with Gasteiger partial charge < -0.3 is 19.6 Å². The highest BCUT2D eigenvalue weighted by Crippen LogP contribution is 2.30. The number of rotatable bonds is 1. The van der Waals surface area contributed by atoms with Gasteiger partial charge in [0.25, 0.3) is 0 Å². The Balaban J connectivity index is 1.78. The van der Waals surface area contributed by atoms with Crippen molar-refractivity contribution >= 4 is 22.5 Å². The Morgan fingerprint density at radius 2 is 2.25 bits per heavy atom. The zero-order chi connectivity index (χ0) is 13.7. The van der Waals surface area contributed by atoms with Gasteiger partial charge in [-0.05, 0) is 6.07 Å². The van der Waals surface area contributed by atoms with Crippen molar-refractivity contribution in [3.05, 3.63) is 34.8 Å². The summed E-state index contributed by atoms with van der Waals surface area (Å²) < 4.78 is 7.02. The molecule has 1 aromatic carbocycles. The predicted molar refractivity (Wildman–Crippen MR) is 72.3 cm³/mol. The van der Waals surface area contributed by atoms with Crippen LogP contribution < -0.4 is 16.4 Å². The van der Waals surface area contributed by atoms with Gasteiger partial charge in [-0.25, -0.2) is 4.79 Å². The van der Waals surface area contributed by atoms with Crippen molar-refractivity contribution in [2.24, 2.45) is 0 Å². The molecular weight excluding hydrogens is 260 g/mol. The minimum Gasteiger partial charge on any atom is -0.408 e. The number of nitrogens with two attached hydrogens (primary N) is 1. The van der Waals surface area contributed by atoms with Crippen LogP contribution in [-0.2, 0) is 13.1 Å². The van der Waals surface area contributed by atoms with E-state index in [0.717, 1.165) is 24.6 Å². The molecule has 0 bridgehead atoms. The molecule has 4 rings (SSSR count). The zero-order valence-electron chi connectivity index (χ0n) is 10.5. The quantitative estimate of drug-likeness (QED) is 0.618. The average molecular weight is 272 g/mol. The molecule has 20 heavy (non-hydrogen) atoms. The van der Waals surface area contributed by atoms with E-state index in [-0.39, 0.29) is 0 Å². The summed E-state index contributed by atoms with van der Waals surface area (Å²) >= 11 is 0. The summed E-state index contributed by atoms with van der Waals surface area (Å²) in [6.45, 7) is 2.25. The molecule has 0 spiro atoms. The van der Waals surface area contributed by atoms with Crippen LogP contribution in [0, 0.1) is 0 Å². The summed E-state index contributed by atoms with van der Waals surface area (Å²) in [6.07, 6.45) is 1.73. The van der Waals surface area contributed by atoms with Crippen molar-refractivity contribution in [1.29, 1.82) is 0 Å². The van der Waals surface area contributed by atoms with E-state index >= 15 is 0 Å². The number of nitrogens with zero attached hydrogens (tertiary/aromatic N) is 4. The van der Waals surface area contributed by atoms with E-state index < -0.39 is 5.76 Å². The minimum atomic E-state index is -0.477. The second-order valence-corrected chi connectivity index (χ2v) is 4.78. The molecule has 0 amide bonds. The molecule has 0 unspecified atom stereocenters. The Morgan fingerprint density at radius 3 is 3.15 bits per heavy atom. The van der Waals surface area contributed by atoms with Crippen molar-refractivity contribution in [2.45, 2.75) is 13.1 Å². The first-order chi connectivity index (χ1) is 9.70. The Morgan fingerprint density at radius 1 is 1.35 bits per heavy atom. The van der Waals surface area contributed by atoms with E-state index in [2.05, 4.69) is 20.1 Å². The fraction of sp³-hybridized carbons (Fsp3) is 0.250. The number of hydrogen-bond acceptors (Lipinski definition) is 6. The molecule has 3 heterocycles. The summed E-state index contributed by atoms with van der Waals surface area (Å²) in [4.78, 5) is 16.0. The van der Waals surface area contributed by atoms with Crippen molar-refractivity contribution in [2.75, 3.05) is 17.2 Å². The third-order valence-corrected chi connectivity index (χ3v) is 3.55. The monoisotopic (exact) mass is 272 g/mol. The zero-order valence-corrected chi connectivity index (χ0v) is 10.5. The summed E-state index contributed by atoms with van der Waals surface area (Å²) in [5.41, 5.74) is 8.62. The smallest absolute Gasteiger partial charge is 0.408 e. The fourth-order valence-electron chi connectivity index (χ4n) is 2.55. The highest BCUT2D eigenvalue weighted by Gasteiger charge is 2.20. The molecule has 1 aliphatic rings. The largest absolute Gasteiger partial charge is 0.417 e. The van der Waals surface area contributed by atoms with Gasteiger partial charge >= 0.3 is 5.76 Å². The topological polar surface area (TPSA) is 106 Å². The summed E-state index contributed by atoms with van der Waals surface area (Å²) in [6, 6.07) is 3.50. The first-order valence-corrected chi connectivity index (χ1v) is 6.25. The Hall–Kier alpha value is -2.77. The van der Waals surface area contributed by atoms with Crippen LogP contribution in [0.5, 0.6) is 0 Å². The molecule has 8 heteroatoms. The van der Waals surface area contributed by atoms with Gasteiger partial charge in [0, 0.05) is 19.2 Å². The maximum Gasteiger partial charge on any atom is 0.417 e. The van der Waals surface area contributed by atoms with Gasteiger partial charge in [-0.1, -0.05) is 0 Å². The van der Waals surface area contributed by atoms with Gasteiger partial charge in [-0.3, -0.25) is 4.98 Å². The molecule has 0 fully saturated rings. The molecule has 0 saturated heterocycles. The molecule has 2 aromatic heterocycles. The molecule has 3 N–H and O–H groups in total. The number of nitrogens with one attached hydrogen (secondary N) is 1. The van der Waals surface area contributed by atoms with E-state index in [1.807, 2.05) is 10.6 Å². The number of anilines is 2. The van der Waals surface area contributed by atoms with Crippen LogP contribution in [0.15, 0.2) is 27.7 Å². The first-order valence-electron chi connectivity index (χ1n) is 6.25. The first kappa shape index (κ1) is 11.1. The Kier molecular flexibility index (Phi) is 2.14. The van der Waals surface area contributed by atoms with Crippen LogP contribution in [0.3, 0.4) is 0 Å². The summed E-state index contributed by atoms with van der Waals surface area (Å²) in [7, 11) is 0. The predicted octanol–water partition coefficient (Wildman–Crippen LogP) is 0.315. The van der Waals surface area contributed by atoms with Gasteiger partial charge in [-0.15, -0.1) is 10.2 Å². The van der Waals surface area contributed by atoms with Gasteiger partial charge in [0.1, 0.15) is 6.33 Å². The van der Waals surface area contributed by atoms with Crippen molar-refractivity contribution < 1.29 is 4.42 Å². The highest BCUT2D eigenvalue weighted by atomic mass is 16.4. The second-order valence-electron chi connectivity index (χ2n) is 4.78. The normalized spacial score (nSPS) is 14.7. The molecule has 3 aromatic rings. The number of benzene rings is 1. The third-order valence-electron chi connectivity index (χ3n) is 3.55. The minimum absolute atomic E-state index is 0.469. The Labute approximate surface area is 112 Å². The maximum atomic E-state index is 11.2. The third kappa shape index (κ3) is 1.58. The van der Waals surface area contributed by atoms with Crippen LogP contribution in [-0.4, -0.2) is 26.3 Å². The number of aromatic amines is 1. The number of hydrogen-bond donors (Lipinski definition) is 2. The molecule has 0 radical (unpaired) electrons. The van der Waals surface area contributed by atoms with Crippen LogP contribution >= 0.6 is 0 Å². The highest BCUT2D eigenvalue weighted by molar-refractivity contribution is 5.85. The van der Waals surface area contributed by atoms with Crippen LogP contribution in [0.1, 0.15) is 5.82 Å². The molecule has 0 atom stereocenters. The van der Waals surface area contributed by atoms with E-state index in [0.29, 0.717) is 23.3 Å². The summed E-state index contributed by atoms with van der Waals surface area (Å²) in [5, 5.41) is 7.98. The van der Waals surface area contributed by atoms with E-state index in [9.17, 15) is 4.79 Å². The van der Waals surface area contributed by atoms with Crippen LogP contribution in [0.2, 0.25) is 0 Å². The molecule has 1 aliphatic heterocycles. The number of oxazole rings is 1. The molecule has 0 saturated carbocycles. The summed E-state index contributed by atoms with van der Waals surface area (Å²) in [5.74, 6) is 0.423. The molecule has 0 aliphatic carbocycles. The lowest BCUT2D eigenvalue weighted by molar-refractivity contribution is 0.555. The second kappa shape index (κ2) is 3.86. The van der Waals surface area contributed by atoms with Crippen molar-refractivity contribution in [3.63, 3.8) is 0 Å². The number of nitrogen functional groups attached to an aromatic ring is 1. The Bertz CT molecular complexity index is 845. The van der Waals surface area contributed by atoms with Gasteiger partial charge in [-0.2, -0.15) is 0 Å². The number of aromatic nitrogens is 4. The van der Waals surface area contributed by atoms with Gasteiger partial charge in [0.2, 0.25) is 0 Å². The van der Waals surface area contributed by atoms with E-state index in [1.54, 1.807) is 12.4 Å². The standard InChI is InChI=1S/C12H12N6O2/c13-7-3-10-8(15-12(19)20-10)4-9(7)17-1-2-18-6-14-16-11(18)5-17/h3-4,6H,1-2,5,13H2,(H,15,19). The average Bonchev–Trinajstić information content (AvgIpc) is 3.01. The number of fused-ring (bicyclic) bond motifs is 2.